The number of hydrogen-bond acceptors (Lipinski definition) is 3. The Kier molecular flexibility index (Phi) is 4.69. The first-order valence-corrected chi connectivity index (χ1v) is 8.38. The topological polar surface area (TPSA) is 51.2 Å². The molecule has 1 aromatic rings. The Morgan fingerprint density at radius 2 is 1.82 bits per heavy atom. The number of hydrogen-bond donors (Lipinski definition) is 0. The van der Waals surface area contributed by atoms with Crippen molar-refractivity contribution in [2.24, 2.45) is 0 Å². The summed E-state index contributed by atoms with van der Waals surface area (Å²) in [5.41, 5.74) is 0.0650. The summed E-state index contributed by atoms with van der Waals surface area (Å²) in [6.45, 7) is 0. The lowest BCUT2D eigenvalue weighted by molar-refractivity contribution is 0.100. The normalized spacial score (nSPS) is 12.5. The van der Waals surface area contributed by atoms with E-state index < -0.39 is 18.2 Å². The SMILES string of the molecule is CS(=O)(=O)C(Br)(Br)C(=O)c1ccc(Cl)cc1Cl. The molecule has 94 valence electrons. The number of halogens is 4. The van der Waals surface area contributed by atoms with Gasteiger partial charge < -0.3 is 0 Å². The Hall–Kier alpha value is 0.380. The molecule has 1 aromatic carbocycles. The van der Waals surface area contributed by atoms with Crippen LogP contribution >= 0.6 is 55.1 Å². The van der Waals surface area contributed by atoms with Gasteiger partial charge in [-0.1, -0.05) is 23.2 Å². The highest BCUT2D eigenvalue weighted by atomic mass is 79.9. The van der Waals surface area contributed by atoms with Crippen molar-refractivity contribution >= 4 is 70.7 Å². The second-order valence-electron chi connectivity index (χ2n) is 3.24. The molecule has 0 heterocycles. The molecule has 0 radical (unpaired) electrons. The molecular weight excluding hydrogens is 419 g/mol. The van der Waals surface area contributed by atoms with Crippen LogP contribution in [0.4, 0.5) is 0 Å². The van der Waals surface area contributed by atoms with Crippen molar-refractivity contribution in [2.45, 2.75) is 2.57 Å². The van der Waals surface area contributed by atoms with E-state index >= 15 is 0 Å². The second kappa shape index (κ2) is 5.17. The van der Waals surface area contributed by atoms with Crippen molar-refractivity contribution in [3.8, 4) is 0 Å². The van der Waals surface area contributed by atoms with E-state index in [-0.39, 0.29) is 10.6 Å². The van der Waals surface area contributed by atoms with Crippen molar-refractivity contribution in [1.82, 2.24) is 0 Å². The predicted octanol–water partition coefficient (Wildman–Crippen LogP) is 3.66. The van der Waals surface area contributed by atoms with Crippen LogP contribution in [-0.4, -0.2) is 23.0 Å². The molecule has 17 heavy (non-hydrogen) atoms. The maximum absolute atomic E-state index is 12.0. The first-order chi connectivity index (χ1) is 7.57. The van der Waals surface area contributed by atoms with Crippen LogP contribution in [0.5, 0.6) is 0 Å². The van der Waals surface area contributed by atoms with Gasteiger partial charge in [-0.3, -0.25) is 4.79 Å². The molecule has 0 saturated heterocycles. The van der Waals surface area contributed by atoms with E-state index in [1.165, 1.54) is 18.2 Å². The molecular formula is C9H6Br2Cl2O3S. The molecule has 0 aliphatic heterocycles. The van der Waals surface area contributed by atoms with E-state index in [9.17, 15) is 13.2 Å². The summed E-state index contributed by atoms with van der Waals surface area (Å²) >= 11 is 17.2. The average molecular weight is 425 g/mol. The number of ketones is 1. The third kappa shape index (κ3) is 3.23. The molecule has 0 fully saturated rings. The number of carbonyl (C=O) groups is 1. The summed E-state index contributed by atoms with van der Waals surface area (Å²) in [6, 6.07) is 4.20. The lowest BCUT2D eigenvalue weighted by Gasteiger charge is -2.17. The third-order valence-corrected chi connectivity index (χ3v) is 7.82. The smallest absolute Gasteiger partial charge is 0.242 e. The number of Topliss-reactive ketones (excluding diaryl/α,β-unsaturated/α-hetero) is 1. The van der Waals surface area contributed by atoms with Gasteiger partial charge in [0.1, 0.15) is 0 Å². The molecule has 3 nitrogen and oxygen atoms in total. The van der Waals surface area contributed by atoms with E-state index in [2.05, 4.69) is 31.9 Å². The van der Waals surface area contributed by atoms with E-state index in [4.69, 9.17) is 23.2 Å². The van der Waals surface area contributed by atoms with Crippen LogP contribution in [-0.2, 0) is 9.84 Å². The zero-order valence-electron chi connectivity index (χ0n) is 8.38. The van der Waals surface area contributed by atoms with Crippen LogP contribution in [0.1, 0.15) is 10.4 Å². The maximum Gasteiger partial charge on any atom is 0.242 e. The Morgan fingerprint density at radius 3 is 2.24 bits per heavy atom. The van der Waals surface area contributed by atoms with Gasteiger partial charge in [-0.15, -0.1) is 0 Å². The van der Waals surface area contributed by atoms with Gasteiger partial charge >= 0.3 is 0 Å². The van der Waals surface area contributed by atoms with Crippen LogP contribution in [0.25, 0.3) is 0 Å². The molecule has 0 aliphatic carbocycles. The predicted molar refractivity (Wildman–Crippen MR) is 76.2 cm³/mol. The minimum Gasteiger partial charge on any atom is -0.290 e. The number of alkyl halides is 2. The Morgan fingerprint density at radius 1 is 1.29 bits per heavy atom. The molecule has 1 rings (SSSR count). The number of rotatable bonds is 3. The van der Waals surface area contributed by atoms with Gasteiger partial charge in [0.2, 0.25) is 8.35 Å². The average Bonchev–Trinajstić information content (AvgIpc) is 2.14. The van der Waals surface area contributed by atoms with Crippen molar-refractivity contribution < 1.29 is 13.2 Å². The summed E-state index contributed by atoms with van der Waals surface area (Å²) in [6.07, 6.45) is 0.929. The summed E-state index contributed by atoms with van der Waals surface area (Å²) in [5.74, 6) is -0.707. The van der Waals surface area contributed by atoms with Gasteiger partial charge in [-0.2, -0.15) is 0 Å². The van der Waals surface area contributed by atoms with Crippen LogP contribution in [0.15, 0.2) is 18.2 Å². The molecule has 0 saturated carbocycles. The Balaban J connectivity index is 3.32. The molecule has 0 aliphatic rings. The van der Waals surface area contributed by atoms with E-state index in [1.807, 2.05) is 0 Å². The lowest BCUT2D eigenvalue weighted by Crippen LogP contribution is -2.33. The first-order valence-electron chi connectivity index (χ1n) is 4.14. The van der Waals surface area contributed by atoms with Crippen molar-refractivity contribution in [2.75, 3.05) is 6.26 Å². The van der Waals surface area contributed by atoms with Crippen molar-refractivity contribution in [3.63, 3.8) is 0 Å². The fourth-order valence-electron chi connectivity index (χ4n) is 0.999. The van der Waals surface area contributed by atoms with Gasteiger partial charge in [-0.25, -0.2) is 8.42 Å². The fraction of sp³-hybridized carbons (Fsp3) is 0.222. The molecule has 0 N–H and O–H groups in total. The highest BCUT2D eigenvalue weighted by Crippen LogP contribution is 2.37. The summed E-state index contributed by atoms with van der Waals surface area (Å²) < 4.78 is 21.0. The standard InChI is InChI=1S/C9H6Br2Cl2O3S/c1-17(15,16)9(10,11)8(14)6-3-2-5(12)4-7(6)13/h2-4H,1H3. The lowest BCUT2D eigenvalue weighted by atomic mass is 10.1. The Bertz CT molecular complexity index is 570. The molecule has 0 amide bonds. The molecule has 8 heteroatoms. The van der Waals surface area contributed by atoms with Gasteiger partial charge in [0.25, 0.3) is 0 Å². The van der Waals surface area contributed by atoms with E-state index in [1.54, 1.807) is 0 Å². The van der Waals surface area contributed by atoms with Crippen molar-refractivity contribution in [3.05, 3.63) is 33.8 Å². The number of sulfone groups is 1. The minimum atomic E-state index is -3.68. The second-order valence-corrected chi connectivity index (χ2v) is 10.7. The summed E-state index contributed by atoms with van der Waals surface area (Å²) in [5, 5.41) is 0.454. The fourth-order valence-corrected chi connectivity index (χ4v) is 2.37. The third-order valence-electron chi connectivity index (χ3n) is 1.91. The van der Waals surface area contributed by atoms with Crippen LogP contribution in [0.2, 0.25) is 10.0 Å². The van der Waals surface area contributed by atoms with Crippen molar-refractivity contribution in [1.29, 1.82) is 0 Å². The quantitative estimate of drug-likeness (QED) is 0.549. The van der Waals surface area contributed by atoms with E-state index in [0.29, 0.717) is 5.02 Å². The van der Waals surface area contributed by atoms with Gasteiger partial charge in [0.05, 0.1) is 5.02 Å². The molecule has 0 atom stereocenters. The summed E-state index contributed by atoms with van der Waals surface area (Å²) in [4.78, 5) is 12.0. The summed E-state index contributed by atoms with van der Waals surface area (Å²) in [7, 11) is -3.68. The van der Waals surface area contributed by atoms with Gasteiger partial charge in [0.15, 0.2) is 9.84 Å². The molecule has 0 bridgehead atoms. The first kappa shape index (κ1) is 15.4. The number of carbonyl (C=O) groups excluding carboxylic acids is 1. The zero-order chi connectivity index (χ0) is 13.4. The zero-order valence-corrected chi connectivity index (χ0v) is 13.9. The van der Waals surface area contributed by atoms with Crippen LogP contribution in [0, 0.1) is 0 Å². The monoisotopic (exact) mass is 422 g/mol. The van der Waals surface area contributed by atoms with E-state index in [0.717, 1.165) is 6.26 Å². The Labute approximate surface area is 126 Å². The maximum atomic E-state index is 12.0. The van der Waals surface area contributed by atoms with Crippen LogP contribution in [0.3, 0.4) is 0 Å². The molecule has 0 unspecified atom stereocenters. The highest BCUT2D eigenvalue weighted by Gasteiger charge is 2.44. The number of benzene rings is 1. The minimum absolute atomic E-state index is 0.0650. The van der Waals surface area contributed by atoms with Gasteiger partial charge in [-0.05, 0) is 50.1 Å². The van der Waals surface area contributed by atoms with Gasteiger partial charge in [0, 0.05) is 16.8 Å². The largest absolute Gasteiger partial charge is 0.290 e. The highest BCUT2D eigenvalue weighted by molar-refractivity contribution is 9.28. The molecule has 0 aromatic heterocycles. The molecule has 0 spiro atoms. The van der Waals surface area contributed by atoms with Crippen LogP contribution < -0.4 is 0 Å².